The van der Waals surface area contributed by atoms with Crippen LogP contribution in [0, 0.1) is 18.4 Å². The van der Waals surface area contributed by atoms with Crippen LogP contribution in [0.25, 0.3) is 0 Å². The summed E-state index contributed by atoms with van der Waals surface area (Å²) in [5, 5.41) is 0. The molecule has 0 spiro atoms. The van der Waals surface area contributed by atoms with Crippen molar-refractivity contribution in [3.63, 3.8) is 0 Å². The molecule has 1 aliphatic carbocycles. The van der Waals surface area contributed by atoms with Crippen LogP contribution in [0.1, 0.15) is 46.0 Å². The van der Waals surface area contributed by atoms with Gasteiger partial charge in [-0.2, -0.15) is 0 Å². The van der Waals surface area contributed by atoms with E-state index in [2.05, 4.69) is 0 Å². The number of hydrogen-bond donors (Lipinski definition) is 0. The van der Waals surface area contributed by atoms with Crippen LogP contribution in [-0.4, -0.2) is 5.97 Å². The molecule has 13 heavy (non-hydrogen) atoms. The lowest BCUT2D eigenvalue weighted by molar-refractivity contribution is -0.144. The minimum absolute atomic E-state index is 0.0140. The van der Waals surface area contributed by atoms with Gasteiger partial charge < -0.3 is 4.74 Å². The highest BCUT2D eigenvalue weighted by Crippen LogP contribution is 2.26. The average Bonchev–Trinajstić information content (AvgIpc) is 2.15. The molecule has 0 unspecified atom stereocenters. The van der Waals surface area contributed by atoms with Gasteiger partial charge >= 0.3 is 5.97 Å². The number of rotatable bonds is 3. The van der Waals surface area contributed by atoms with Crippen molar-refractivity contribution < 1.29 is 9.53 Å². The third kappa shape index (κ3) is 3.79. The van der Waals surface area contributed by atoms with E-state index in [1.54, 1.807) is 6.61 Å². The third-order valence-electron chi connectivity index (χ3n) is 2.50. The molecular formula is C11H19O2. The maximum absolute atomic E-state index is 11.1. The van der Waals surface area contributed by atoms with Crippen LogP contribution in [0.15, 0.2) is 0 Å². The quantitative estimate of drug-likeness (QED) is 0.629. The number of hydrogen-bond acceptors (Lipinski definition) is 2. The highest BCUT2D eigenvalue weighted by Gasteiger charge is 2.17. The molecular weight excluding hydrogens is 164 g/mol. The van der Waals surface area contributed by atoms with Crippen molar-refractivity contribution in [3.05, 3.63) is 6.61 Å². The van der Waals surface area contributed by atoms with E-state index in [1.165, 1.54) is 32.1 Å². The van der Waals surface area contributed by atoms with Gasteiger partial charge in [-0.15, -0.1) is 0 Å². The Kier molecular flexibility index (Phi) is 4.26. The van der Waals surface area contributed by atoms with Gasteiger partial charge in [0.25, 0.3) is 0 Å². The number of ether oxygens (including phenoxy) is 1. The van der Waals surface area contributed by atoms with Crippen LogP contribution in [0.2, 0.25) is 0 Å². The summed E-state index contributed by atoms with van der Waals surface area (Å²) in [5.41, 5.74) is 0. The lowest BCUT2D eigenvalue weighted by atomic mass is 9.90. The van der Waals surface area contributed by atoms with Crippen molar-refractivity contribution in [2.45, 2.75) is 46.0 Å². The largest absolute Gasteiger partial charge is 0.458 e. The zero-order chi connectivity index (χ0) is 9.68. The molecule has 0 bridgehead atoms. The fourth-order valence-corrected chi connectivity index (χ4v) is 1.57. The van der Waals surface area contributed by atoms with Crippen molar-refractivity contribution in [2.24, 2.45) is 11.8 Å². The summed E-state index contributed by atoms with van der Waals surface area (Å²) < 4.78 is 5.08. The standard InChI is InChI=1S/C11H19O2/c1-9(2)11(12)13-8-10-6-4-3-5-7-10/h8-10H,3-7H2,1-2H3. The molecule has 1 radical (unpaired) electrons. The van der Waals surface area contributed by atoms with Crippen LogP contribution in [0.4, 0.5) is 0 Å². The van der Waals surface area contributed by atoms with Gasteiger partial charge in [-0.05, 0) is 18.8 Å². The number of carbonyl (C=O) groups excluding carboxylic acids is 1. The Morgan fingerprint density at radius 3 is 2.46 bits per heavy atom. The summed E-state index contributed by atoms with van der Waals surface area (Å²) in [7, 11) is 0. The van der Waals surface area contributed by atoms with Gasteiger partial charge in [0.15, 0.2) is 0 Å². The highest BCUT2D eigenvalue weighted by molar-refractivity contribution is 5.71. The zero-order valence-electron chi connectivity index (χ0n) is 8.58. The van der Waals surface area contributed by atoms with Crippen LogP contribution in [-0.2, 0) is 9.53 Å². The maximum atomic E-state index is 11.1. The van der Waals surface area contributed by atoms with Gasteiger partial charge in [0.05, 0.1) is 5.92 Å². The molecule has 0 amide bonds. The van der Waals surface area contributed by atoms with Crippen molar-refractivity contribution >= 4 is 5.97 Å². The van der Waals surface area contributed by atoms with Crippen LogP contribution in [0.5, 0.6) is 0 Å². The molecule has 0 heterocycles. The summed E-state index contributed by atoms with van der Waals surface area (Å²) in [5.74, 6) is 0.391. The van der Waals surface area contributed by atoms with Gasteiger partial charge in [-0.3, -0.25) is 4.79 Å². The number of carbonyl (C=O) groups is 1. The Morgan fingerprint density at radius 1 is 1.31 bits per heavy atom. The Hall–Kier alpha value is -0.530. The Morgan fingerprint density at radius 2 is 1.92 bits per heavy atom. The molecule has 75 valence electrons. The summed E-state index contributed by atoms with van der Waals surface area (Å²) in [4.78, 5) is 11.1. The molecule has 0 saturated heterocycles. The van der Waals surface area contributed by atoms with E-state index in [9.17, 15) is 4.79 Å². The van der Waals surface area contributed by atoms with Gasteiger partial charge in [0, 0.05) is 0 Å². The van der Waals surface area contributed by atoms with Crippen LogP contribution < -0.4 is 0 Å². The van der Waals surface area contributed by atoms with E-state index in [1.807, 2.05) is 13.8 Å². The molecule has 0 aliphatic heterocycles. The normalized spacial score (nSPS) is 19.0. The highest BCUT2D eigenvalue weighted by atomic mass is 16.5. The van der Waals surface area contributed by atoms with Crippen molar-refractivity contribution in [1.29, 1.82) is 0 Å². The second kappa shape index (κ2) is 5.25. The first-order valence-corrected chi connectivity index (χ1v) is 5.24. The van der Waals surface area contributed by atoms with E-state index in [0.717, 1.165) is 0 Å². The monoisotopic (exact) mass is 183 g/mol. The topological polar surface area (TPSA) is 26.3 Å². The second-order valence-corrected chi connectivity index (χ2v) is 4.13. The van der Waals surface area contributed by atoms with Gasteiger partial charge in [0.2, 0.25) is 0 Å². The average molecular weight is 183 g/mol. The molecule has 1 saturated carbocycles. The predicted molar refractivity (Wildman–Crippen MR) is 51.8 cm³/mol. The molecule has 1 aliphatic rings. The molecule has 1 rings (SSSR count). The first-order valence-electron chi connectivity index (χ1n) is 5.24. The van der Waals surface area contributed by atoms with Crippen molar-refractivity contribution in [2.75, 3.05) is 0 Å². The first kappa shape index (κ1) is 10.6. The third-order valence-corrected chi connectivity index (χ3v) is 2.50. The molecule has 2 heteroatoms. The fraction of sp³-hybridized carbons (Fsp3) is 0.818. The van der Waals surface area contributed by atoms with Crippen LogP contribution >= 0.6 is 0 Å². The summed E-state index contributed by atoms with van der Waals surface area (Å²) in [6.45, 7) is 5.47. The molecule has 0 N–H and O–H groups in total. The molecule has 0 atom stereocenters. The van der Waals surface area contributed by atoms with Crippen molar-refractivity contribution in [1.82, 2.24) is 0 Å². The van der Waals surface area contributed by atoms with Gasteiger partial charge in [-0.1, -0.05) is 33.1 Å². The van der Waals surface area contributed by atoms with E-state index >= 15 is 0 Å². The summed E-state index contributed by atoms with van der Waals surface area (Å²) >= 11 is 0. The molecule has 0 aromatic carbocycles. The smallest absolute Gasteiger partial charge is 0.308 e. The second-order valence-electron chi connectivity index (χ2n) is 4.13. The van der Waals surface area contributed by atoms with E-state index in [-0.39, 0.29) is 11.9 Å². The SMILES string of the molecule is CC(C)C(=O)O[CH]C1CCCCC1. The minimum atomic E-state index is -0.106. The Balaban J connectivity index is 2.13. The number of esters is 1. The summed E-state index contributed by atoms with van der Waals surface area (Å²) in [6.07, 6.45) is 6.26. The van der Waals surface area contributed by atoms with E-state index in [4.69, 9.17) is 4.74 Å². The lowest BCUT2D eigenvalue weighted by Crippen LogP contribution is -2.15. The first-order chi connectivity index (χ1) is 6.20. The Labute approximate surface area is 80.7 Å². The minimum Gasteiger partial charge on any atom is -0.458 e. The molecule has 0 aromatic heterocycles. The lowest BCUT2D eigenvalue weighted by Gasteiger charge is -2.20. The molecule has 0 aromatic rings. The maximum Gasteiger partial charge on any atom is 0.308 e. The fourth-order valence-electron chi connectivity index (χ4n) is 1.57. The Bertz CT molecular complexity index is 157. The molecule has 1 fully saturated rings. The zero-order valence-corrected chi connectivity index (χ0v) is 8.58. The molecule has 2 nitrogen and oxygen atoms in total. The predicted octanol–water partition coefficient (Wildman–Crippen LogP) is 2.93. The van der Waals surface area contributed by atoms with Crippen molar-refractivity contribution in [3.8, 4) is 0 Å². The van der Waals surface area contributed by atoms with Gasteiger partial charge in [-0.25, -0.2) is 0 Å². The van der Waals surface area contributed by atoms with E-state index < -0.39 is 0 Å². The van der Waals surface area contributed by atoms with Crippen LogP contribution in [0.3, 0.4) is 0 Å². The summed E-state index contributed by atoms with van der Waals surface area (Å²) in [6, 6.07) is 0. The van der Waals surface area contributed by atoms with E-state index in [0.29, 0.717) is 5.92 Å². The van der Waals surface area contributed by atoms with Gasteiger partial charge in [0.1, 0.15) is 6.61 Å².